The van der Waals surface area contributed by atoms with Crippen molar-refractivity contribution in [2.45, 2.75) is 0 Å². The molecule has 9 aromatic carbocycles. The van der Waals surface area contributed by atoms with E-state index >= 15 is 0 Å². The van der Waals surface area contributed by atoms with E-state index in [2.05, 4.69) is 179 Å². The highest BCUT2D eigenvalue weighted by atomic mass is 16.3. The van der Waals surface area contributed by atoms with Crippen LogP contribution in [0.3, 0.4) is 0 Å². The maximum Gasteiger partial charge on any atom is 0.231 e. The Bertz CT molecular complexity index is 3900. The molecule has 0 spiro atoms. The Balaban J connectivity index is 0.958. The van der Waals surface area contributed by atoms with Crippen LogP contribution in [0.5, 0.6) is 0 Å². The van der Waals surface area contributed by atoms with Crippen molar-refractivity contribution in [1.82, 2.24) is 19.1 Å². The Morgan fingerprint density at radius 2 is 0.825 bits per heavy atom. The SMILES string of the molecule is c1ccc(-c2cccc(-n3c4ccccc4c4cc(-c5ccc6c(c5)c5ccccc5n6-c5ccc6oc7nc(-c8ccccc8)nc(-c8ccccc8)c7c6c5)ccc43)c2)cc1. The molecule has 63 heavy (non-hydrogen) atoms. The molecule has 4 heterocycles. The Hall–Kier alpha value is -8.54. The smallest absolute Gasteiger partial charge is 0.231 e. The molecule has 5 nitrogen and oxygen atoms in total. The van der Waals surface area contributed by atoms with Crippen LogP contribution in [0.15, 0.2) is 223 Å². The van der Waals surface area contributed by atoms with Crippen molar-refractivity contribution in [3.63, 3.8) is 0 Å². The van der Waals surface area contributed by atoms with Gasteiger partial charge in [-0.1, -0.05) is 152 Å². The van der Waals surface area contributed by atoms with Crippen LogP contribution in [-0.4, -0.2) is 19.1 Å². The first-order valence-corrected chi connectivity index (χ1v) is 21.3. The molecule has 4 aromatic heterocycles. The average molecular weight is 805 g/mol. The zero-order valence-corrected chi connectivity index (χ0v) is 34.0. The second-order valence-electron chi connectivity index (χ2n) is 16.2. The van der Waals surface area contributed by atoms with Gasteiger partial charge in [-0.05, 0) is 89.0 Å². The Morgan fingerprint density at radius 3 is 1.46 bits per heavy atom. The van der Waals surface area contributed by atoms with Crippen molar-refractivity contribution in [3.8, 4) is 56.3 Å². The lowest BCUT2D eigenvalue weighted by atomic mass is 10.0. The molecule has 0 aliphatic carbocycles. The lowest BCUT2D eigenvalue weighted by Gasteiger charge is -2.11. The topological polar surface area (TPSA) is 48.8 Å². The molecule has 13 rings (SSSR count). The van der Waals surface area contributed by atoms with Gasteiger partial charge < -0.3 is 13.6 Å². The van der Waals surface area contributed by atoms with Crippen molar-refractivity contribution in [3.05, 3.63) is 218 Å². The van der Waals surface area contributed by atoms with E-state index in [-0.39, 0.29) is 0 Å². The van der Waals surface area contributed by atoms with Gasteiger partial charge in [0, 0.05) is 49.4 Å². The Morgan fingerprint density at radius 1 is 0.317 bits per heavy atom. The Kier molecular flexibility index (Phi) is 7.84. The molecule has 0 bridgehead atoms. The summed E-state index contributed by atoms with van der Waals surface area (Å²) in [6.45, 7) is 0. The number of hydrogen-bond donors (Lipinski definition) is 0. The van der Waals surface area contributed by atoms with Crippen LogP contribution in [0.1, 0.15) is 0 Å². The van der Waals surface area contributed by atoms with Crippen LogP contribution < -0.4 is 0 Å². The average Bonchev–Trinajstić information content (AvgIpc) is 4.01. The highest BCUT2D eigenvalue weighted by Gasteiger charge is 2.21. The van der Waals surface area contributed by atoms with Crippen LogP contribution in [0.2, 0.25) is 0 Å². The summed E-state index contributed by atoms with van der Waals surface area (Å²) in [7, 11) is 0. The van der Waals surface area contributed by atoms with E-state index in [0.717, 1.165) is 55.6 Å². The van der Waals surface area contributed by atoms with E-state index in [0.29, 0.717) is 11.5 Å². The van der Waals surface area contributed by atoms with Gasteiger partial charge in [-0.15, -0.1) is 0 Å². The zero-order chi connectivity index (χ0) is 41.4. The third kappa shape index (κ3) is 5.64. The van der Waals surface area contributed by atoms with Gasteiger partial charge in [0.25, 0.3) is 0 Å². The minimum Gasteiger partial charge on any atom is -0.438 e. The summed E-state index contributed by atoms with van der Waals surface area (Å²) in [6.07, 6.45) is 0. The maximum absolute atomic E-state index is 6.53. The molecule has 0 N–H and O–H groups in total. The van der Waals surface area contributed by atoms with Crippen LogP contribution in [-0.2, 0) is 0 Å². The first kappa shape index (κ1) is 35.2. The molecule has 0 saturated carbocycles. The second-order valence-corrected chi connectivity index (χ2v) is 16.2. The van der Waals surface area contributed by atoms with E-state index < -0.39 is 0 Å². The van der Waals surface area contributed by atoms with Gasteiger partial charge in [-0.25, -0.2) is 4.98 Å². The number of nitrogens with zero attached hydrogens (tertiary/aromatic N) is 4. The van der Waals surface area contributed by atoms with E-state index in [9.17, 15) is 0 Å². The molecule has 0 aliphatic heterocycles. The molecular formula is C58H36N4O. The molecule has 13 aromatic rings. The standard InChI is InChI=1S/C58H36N4O/c1-4-15-37(16-5-1)40-21-14-22-43(33-40)61-50-25-12-10-23-45(50)47-34-41(27-30-52(47)61)42-28-31-53-48(35-42)46-24-11-13-26-51(46)62(53)44-29-32-54-49(36-44)55-56(38-17-6-2-7-18-38)59-57(60-58(55)63-54)39-19-8-3-9-20-39/h1-36H. The maximum atomic E-state index is 6.53. The van der Waals surface area contributed by atoms with Crippen molar-refractivity contribution in [1.29, 1.82) is 0 Å². The molecule has 0 aliphatic rings. The molecule has 0 radical (unpaired) electrons. The first-order valence-electron chi connectivity index (χ1n) is 21.3. The van der Waals surface area contributed by atoms with Gasteiger partial charge in [-0.3, -0.25) is 0 Å². The monoisotopic (exact) mass is 804 g/mol. The van der Waals surface area contributed by atoms with Crippen LogP contribution in [0.25, 0.3) is 122 Å². The summed E-state index contributed by atoms with van der Waals surface area (Å²) in [5.41, 5.74) is 15.7. The molecule has 5 heteroatoms. The van der Waals surface area contributed by atoms with Gasteiger partial charge in [0.05, 0.1) is 33.1 Å². The molecular weight excluding hydrogens is 769 g/mol. The van der Waals surface area contributed by atoms with Crippen molar-refractivity contribution < 1.29 is 4.42 Å². The minimum absolute atomic E-state index is 0.572. The highest BCUT2D eigenvalue weighted by Crippen LogP contribution is 2.41. The summed E-state index contributed by atoms with van der Waals surface area (Å²) in [5.74, 6) is 0.637. The number of benzene rings is 9. The largest absolute Gasteiger partial charge is 0.438 e. The van der Waals surface area contributed by atoms with Crippen molar-refractivity contribution in [2.75, 3.05) is 0 Å². The second kappa shape index (κ2) is 14.0. The fourth-order valence-electron chi connectivity index (χ4n) is 9.64. The summed E-state index contributed by atoms with van der Waals surface area (Å²) >= 11 is 0. The number of fused-ring (bicyclic) bond motifs is 9. The predicted octanol–water partition coefficient (Wildman–Crippen LogP) is 15.2. The van der Waals surface area contributed by atoms with Gasteiger partial charge in [0.2, 0.25) is 5.71 Å². The van der Waals surface area contributed by atoms with E-state index in [1.54, 1.807) is 0 Å². The molecule has 0 unspecified atom stereocenters. The van der Waals surface area contributed by atoms with Crippen LogP contribution in [0.4, 0.5) is 0 Å². The first-order chi connectivity index (χ1) is 31.2. The molecule has 294 valence electrons. The number of hydrogen-bond acceptors (Lipinski definition) is 3. The van der Waals surface area contributed by atoms with Crippen LogP contribution in [0, 0.1) is 0 Å². The lowest BCUT2D eigenvalue weighted by molar-refractivity contribution is 0.653. The zero-order valence-electron chi connectivity index (χ0n) is 34.0. The summed E-state index contributed by atoms with van der Waals surface area (Å²) in [4.78, 5) is 10.2. The third-order valence-corrected chi connectivity index (χ3v) is 12.5. The number of furan rings is 1. The molecule has 0 fully saturated rings. The van der Waals surface area contributed by atoms with Gasteiger partial charge in [-0.2, -0.15) is 4.98 Å². The summed E-state index contributed by atoms with van der Waals surface area (Å²) in [6, 6.07) is 77.6. The number of para-hydroxylation sites is 2. The molecule has 0 atom stereocenters. The molecule has 0 amide bonds. The quantitative estimate of drug-likeness (QED) is 0.168. The fourth-order valence-corrected chi connectivity index (χ4v) is 9.64. The van der Waals surface area contributed by atoms with E-state index in [4.69, 9.17) is 14.4 Å². The van der Waals surface area contributed by atoms with E-state index in [1.807, 2.05) is 48.5 Å². The number of rotatable bonds is 6. The van der Waals surface area contributed by atoms with Crippen molar-refractivity contribution in [2.24, 2.45) is 0 Å². The van der Waals surface area contributed by atoms with Gasteiger partial charge >= 0.3 is 0 Å². The van der Waals surface area contributed by atoms with Crippen molar-refractivity contribution >= 4 is 65.7 Å². The lowest BCUT2D eigenvalue weighted by Crippen LogP contribution is -1.95. The van der Waals surface area contributed by atoms with Gasteiger partial charge in [0.1, 0.15) is 5.58 Å². The summed E-state index contributed by atoms with van der Waals surface area (Å²) in [5, 5.41) is 6.73. The van der Waals surface area contributed by atoms with E-state index in [1.165, 1.54) is 54.8 Å². The summed E-state index contributed by atoms with van der Waals surface area (Å²) < 4.78 is 11.3. The fraction of sp³-hybridized carbons (Fsp3) is 0. The van der Waals surface area contributed by atoms with Crippen LogP contribution >= 0.6 is 0 Å². The van der Waals surface area contributed by atoms with Gasteiger partial charge in [0.15, 0.2) is 5.82 Å². The molecule has 0 saturated heterocycles. The normalized spacial score (nSPS) is 11.8. The third-order valence-electron chi connectivity index (χ3n) is 12.5. The minimum atomic E-state index is 0.572. The highest BCUT2D eigenvalue weighted by molar-refractivity contribution is 6.14. The predicted molar refractivity (Wildman–Crippen MR) is 260 cm³/mol. The number of aromatic nitrogens is 4. The Labute approximate surface area is 362 Å².